The van der Waals surface area contributed by atoms with Crippen LogP contribution in [-0.2, 0) is 0 Å². The molecule has 0 aliphatic rings. The molecule has 3 N–H and O–H groups in total. The van der Waals surface area contributed by atoms with Crippen LogP contribution in [0.15, 0.2) is 40.8 Å². The lowest BCUT2D eigenvalue weighted by Crippen LogP contribution is -1.83. The van der Waals surface area contributed by atoms with E-state index in [0.717, 1.165) is 16.8 Å². The number of hydrogen-bond donors (Lipinski definition) is 2. The van der Waals surface area contributed by atoms with Gasteiger partial charge in [0.2, 0.25) is 0 Å². The molecular weight excluding hydrogens is 190 g/mol. The van der Waals surface area contributed by atoms with E-state index < -0.39 is 0 Å². The fourth-order valence-electron chi connectivity index (χ4n) is 1.58. The number of H-pyrrole nitrogens is 1. The van der Waals surface area contributed by atoms with Gasteiger partial charge in [0.25, 0.3) is 0 Å². The SMILES string of the molecule is Nc1n[nH]c2cc(-c3ccccc3)oc12. The van der Waals surface area contributed by atoms with Crippen LogP contribution in [0.3, 0.4) is 0 Å². The second-order valence-electron chi connectivity index (χ2n) is 3.33. The number of nitrogens with zero attached hydrogens (tertiary/aromatic N) is 1. The van der Waals surface area contributed by atoms with Gasteiger partial charge < -0.3 is 10.2 Å². The third kappa shape index (κ3) is 1.19. The predicted molar refractivity (Wildman–Crippen MR) is 58.2 cm³/mol. The van der Waals surface area contributed by atoms with Gasteiger partial charge in [-0.05, 0) is 0 Å². The van der Waals surface area contributed by atoms with E-state index in [0.29, 0.717) is 11.4 Å². The van der Waals surface area contributed by atoms with Gasteiger partial charge in [-0.3, -0.25) is 5.10 Å². The van der Waals surface area contributed by atoms with Gasteiger partial charge in [0.1, 0.15) is 11.3 Å². The Morgan fingerprint density at radius 2 is 2.00 bits per heavy atom. The van der Waals surface area contributed by atoms with Crippen LogP contribution in [-0.4, -0.2) is 10.2 Å². The average molecular weight is 199 g/mol. The maximum absolute atomic E-state index is 5.63. The molecule has 1 aromatic carbocycles. The summed E-state index contributed by atoms with van der Waals surface area (Å²) in [5, 5.41) is 6.66. The van der Waals surface area contributed by atoms with Crippen molar-refractivity contribution in [3.63, 3.8) is 0 Å². The van der Waals surface area contributed by atoms with Crippen molar-refractivity contribution in [2.24, 2.45) is 0 Å². The van der Waals surface area contributed by atoms with Crippen molar-refractivity contribution in [2.45, 2.75) is 0 Å². The zero-order chi connectivity index (χ0) is 10.3. The number of aromatic amines is 1. The summed E-state index contributed by atoms with van der Waals surface area (Å²) in [4.78, 5) is 0. The molecule has 0 unspecified atom stereocenters. The molecule has 0 bridgehead atoms. The zero-order valence-electron chi connectivity index (χ0n) is 7.90. The maximum Gasteiger partial charge on any atom is 0.196 e. The van der Waals surface area contributed by atoms with Gasteiger partial charge in [0.05, 0.1) is 0 Å². The van der Waals surface area contributed by atoms with Crippen LogP contribution in [0.5, 0.6) is 0 Å². The summed E-state index contributed by atoms with van der Waals surface area (Å²) in [5.74, 6) is 1.19. The van der Waals surface area contributed by atoms with Gasteiger partial charge in [-0.25, -0.2) is 0 Å². The van der Waals surface area contributed by atoms with Gasteiger partial charge in [-0.15, -0.1) is 0 Å². The van der Waals surface area contributed by atoms with Crippen LogP contribution in [0.2, 0.25) is 0 Å². The van der Waals surface area contributed by atoms with Crippen LogP contribution in [0, 0.1) is 0 Å². The molecule has 3 rings (SSSR count). The topological polar surface area (TPSA) is 67.8 Å². The first-order valence-electron chi connectivity index (χ1n) is 4.63. The normalized spacial score (nSPS) is 10.9. The summed E-state index contributed by atoms with van der Waals surface area (Å²) in [7, 11) is 0. The highest BCUT2D eigenvalue weighted by Gasteiger charge is 2.10. The molecule has 0 saturated heterocycles. The standard InChI is InChI=1S/C11H9N3O/c12-11-10-8(13-14-11)6-9(15-10)7-4-2-1-3-5-7/h1-6H,(H3,12,13,14). The number of nitrogens with one attached hydrogen (secondary N) is 1. The van der Waals surface area contributed by atoms with Crippen molar-refractivity contribution in [3.8, 4) is 11.3 Å². The molecule has 0 aliphatic heterocycles. The second kappa shape index (κ2) is 2.88. The minimum atomic E-state index is 0.396. The predicted octanol–water partition coefficient (Wildman–Crippen LogP) is 2.41. The minimum absolute atomic E-state index is 0.396. The summed E-state index contributed by atoms with van der Waals surface area (Å²) < 4.78 is 5.61. The Morgan fingerprint density at radius 3 is 2.73 bits per heavy atom. The number of anilines is 1. The van der Waals surface area contributed by atoms with Crippen molar-refractivity contribution in [1.82, 2.24) is 10.2 Å². The molecule has 0 saturated carbocycles. The minimum Gasteiger partial charge on any atom is -0.450 e. The van der Waals surface area contributed by atoms with Crippen molar-refractivity contribution < 1.29 is 4.42 Å². The number of benzene rings is 1. The van der Waals surface area contributed by atoms with E-state index >= 15 is 0 Å². The first-order valence-corrected chi connectivity index (χ1v) is 4.63. The number of nitrogen functional groups attached to an aromatic ring is 1. The van der Waals surface area contributed by atoms with Crippen LogP contribution in [0.1, 0.15) is 0 Å². The molecule has 15 heavy (non-hydrogen) atoms. The number of rotatable bonds is 1. The van der Waals surface area contributed by atoms with Crippen molar-refractivity contribution >= 4 is 16.9 Å². The highest BCUT2D eigenvalue weighted by molar-refractivity contribution is 5.86. The Bertz CT molecular complexity index is 595. The highest BCUT2D eigenvalue weighted by atomic mass is 16.3. The molecule has 2 heterocycles. The summed E-state index contributed by atoms with van der Waals surface area (Å²) >= 11 is 0. The van der Waals surface area contributed by atoms with Crippen LogP contribution < -0.4 is 5.73 Å². The molecule has 4 heteroatoms. The summed E-state index contributed by atoms with van der Waals surface area (Å²) in [6, 6.07) is 11.8. The zero-order valence-corrected chi connectivity index (χ0v) is 7.90. The Kier molecular flexibility index (Phi) is 1.56. The Labute approximate surface area is 85.7 Å². The van der Waals surface area contributed by atoms with E-state index in [-0.39, 0.29) is 0 Å². The first kappa shape index (κ1) is 8.11. The molecule has 0 amide bonds. The van der Waals surface area contributed by atoms with Crippen molar-refractivity contribution in [2.75, 3.05) is 5.73 Å². The van der Waals surface area contributed by atoms with Crippen LogP contribution in [0.25, 0.3) is 22.4 Å². The van der Waals surface area contributed by atoms with Gasteiger partial charge >= 0.3 is 0 Å². The average Bonchev–Trinajstić information content (AvgIpc) is 2.83. The monoisotopic (exact) mass is 199 g/mol. The fraction of sp³-hybridized carbons (Fsp3) is 0. The fourth-order valence-corrected chi connectivity index (χ4v) is 1.58. The molecule has 0 radical (unpaired) electrons. The highest BCUT2D eigenvalue weighted by Crippen LogP contribution is 2.28. The molecule has 74 valence electrons. The third-order valence-corrected chi connectivity index (χ3v) is 2.32. The second-order valence-corrected chi connectivity index (χ2v) is 3.33. The van der Waals surface area contributed by atoms with E-state index in [2.05, 4.69) is 10.2 Å². The molecule has 3 aromatic rings. The van der Waals surface area contributed by atoms with Crippen LogP contribution in [0.4, 0.5) is 5.82 Å². The van der Waals surface area contributed by atoms with E-state index in [9.17, 15) is 0 Å². The lowest BCUT2D eigenvalue weighted by molar-refractivity contribution is 0.632. The Balaban J connectivity index is 2.20. The lowest BCUT2D eigenvalue weighted by Gasteiger charge is -1.93. The largest absolute Gasteiger partial charge is 0.450 e. The number of nitrogens with two attached hydrogens (primary N) is 1. The Hall–Kier alpha value is -2.23. The van der Waals surface area contributed by atoms with Crippen LogP contribution >= 0.6 is 0 Å². The van der Waals surface area contributed by atoms with Gasteiger partial charge in [-0.2, -0.15) is 5.10 Å². The number of aromatic nitrogens is 2. The van der Waals surface area contributed by atoms with Gasteiger partial charge in [0.15, 0.2) is 11.4 Å². The molecular formula is C11H9N3O. The van der Waals surface area contributed by atoms with E-state index in [1.807, 2.05) is 36.4 Å². The molecule has 4 nitrogen and oxygen atoms in total. The van der Waals surface area contributed by atoms with Crippen molar-refractivity contribution in [1.29, 1.82) is 0 Å². The summed E-state index contributed by atoms with van der Waals surface area (Å²) in [6.45, 7) is 0. The maximum atomic E-state index is 5.63. The number of fused-ring (bicyclic) bond motifs is 1. The molecule has 0 fully saturated rings. The Morgan fingerprint density at radius 1 is 1.20 bits per heavy atom. The van der Waals surface area contributed by atoms with E-state index in [1.165, 1.54) is 0 Å². The van der Waals surface area contributed by atoms with E-state index in [4.69, 9.17) is 10.2 Å². The molecule has 2 aromatic heterocycles. The summed E-state index contributed by atoms with van der Waals surface area (Å²) in [5.41, 5.74) is 8.11. The van der Waals surface area contributed by atoms with Gasteiger partial charge in [0, 0.05) is 11.6 Å². The van der Waals surface area contributed by atoms with Gasteiger partial charge in [-0.1, -0.05) is 30.3 Å². The lowest BCUT2D eigenvalue weighted by atomic mass is 10.2. The third-order valence-electron chi connectivity index (χ3n) is 2.32. The van der Waals surface area contributed by atoms with E-state index in [1.54, 1.807) is 0 Å². The molecule has 0 atom stereocenters. The summed E-state index contributed by atoms with van der Waals surface area (Å²) in [6.07, 6.45) is 0. The quantitative estimate of drug-likeness (QED) is 0.632. The molecule has 0 aliphatic carbocycles. The number of furan rings is 1. The molecule has 0 spiro atoms. The smallest absolute Gasteiger partial charge is 0.196 e. The first-order chi connectivity index (χ1) is 7.34. The number of hydrogen-bond acceptors (Lipinski definition) is 3. The van der Waals surface area contributed by atoms with Crippen molar-refractivity contribution in [3.05, 3.63) is 36.4 Å².